The topological polar surface area (TPSA) is 149 Å². The minimum absolute atomic E-state index is 0.160. The first kappa shape index (κ1) is 51.7. The van der Waals surface area contributed by atoms with Crippen molar-refractivity contribution in [2.75, 3.05) is 26.4 Å². The monoisotopic (exact) mass is 783 g/mol. The minimum atomic E-state index is -4.63. The number of carbonyl (C=O) groups is 2. The van der Waals surface area contributed by atoms with Crippen molar-refractivity contribution >= 4 is 19.8 Å². The molecular formula is C43H75O10P. The van der Waals surface area contributed by atoms with E-state index in [1.54, 1.807) is 0 Å². The SMILES string of the molecule is CCCCC/C=C\C/C=C\C/C=C\C/C=C\CCCC(=O)OC[C@H](COP(=O)(O)OC[C@@H](O)CO)OC(=O)CCCCCCC/C=C\CCCCCCC. The molecule has 0 bridgehead atoms. The van der Waals surface area contributed by atoms with Crippen molar-refractivity contribution in [3.63, 3.8) is 0 Å². The zero-order chi connectivity index (χ0) is 39.8. The number of carbonyl (C=O) groups excluding carboxylic acids is 2. The Morgan fingerprint density at radius 3 is 1.56 bits per heavy atom. The van der Waals surface area contributed by atoms with Gasteiger partial charge in [-0.2, -0.15) is 0 Å². The van der Waals surface area contributed by atoms with Crippen molar-refractivity contribution in [2.45, 2.75) is 174 Å². The molecule has 3 atom stereocenters. The van der Waals surface area contributed by atoms with E-state index in [1.165, 1.54) is 51.4 Å². The molecule has 0 aliphatic rings. The molecule has 3 N–H and O–H groups in total. The molecule has 0 aromatic rings. The molecule has 11 heteroatoms. The Hall–Kier alpha value is -2.33. The maximum Gasteiger partial charge on any atom is 0.472 e. The van der Waals surface area contributed by atoms with E-state index in [2.05, 4.69) is 73.1 Å². The Bertz CT molecular complexity index is 1080. The number of ether oxygens (including phenoxy) is 2. The van der Waals surface area contributed by atoms with E-state index in [-0.39, 0.29) is 19.4 Å². The average molecular weight is 783 g/mol. The van der Waals surface area contributed by atoms with Crippen LogP contribution in [-0.2, 0) is 32.7 Å². The number of aliphatic hydroxyl groups is 2. The van der Waals surface area contributed by atoms with Gasteiger partial charge < -0.3 is 24.6 Å². The third-order valence-electron chi connectivity index (χ3n) is 8.39. The summed E-state index contributed by atoms with van der Waals surface area (Å²) in [6, 6.07) is 0. The molecule has 0 fully saturated rings. The number of aliphatic hydroxyl groups excluding tert-OH is 2. The minimum Gasteiger partial charge on any atom is -0.462 e. The van der Waals surface area contributed by atoms with Crippen LogP contribution in [0.4, 0.5) is 0 Å². The van der Waals surface area contributed by atoms with Gasteiger partial charge in [0.15, 0.2) is 6.10 Å². The Morgan fingerprint density at radius 2 is 0.981 bits per heavy atom. The second-order valence-electron chi connectivity index (χ2n) is 13.7. The largest absolute Gasteiger partial charge is 0.472 e. The zero-order valence-corrected chi connectivity index (χ0v) is 34.6. The molecule has 312 valence electrons. The zero-order valence-electron chi connectivity index (χ0n) is 33.7. The van der Waals surface area contributed by atoms with Gasteiger partial charge >= 0.3 is 19.8 Å². The molecule has 0 heterocycles. The van der Waals surface area contributed by atoms with Crippen molar-refractivity contribution < 1.29 is 47.8 Å². The highest BCUT2D eigenvalue weighted by atomic mass is 31.2. The molecule has 0 saturated heterocycles. The summed E-state index contributed by atoms with van der Waals surface area (Å²) in [6.07, 6.45) is 41.9. The molecule has 54 heavy (non-hydrogen) atoms. The van der Waals surface area contributed by atoms with Gasteiger partial charge in [0.25, 0.3) is 0 Å². The van der Waals surface area contributed by atoms with Gasteiger partial charge in [0.1, 0.15) is 12.7 Å². The predicted octanol–water partition coefficient (Wildman–Crippen LogP) is 10.7. The predicted molar refractivity (Wildman–Crippen MR) is 219 cm³/mol. The maximum absolute atomic E-state index is 12.6. The summed E-state index contributed by atoms with van der Waals surface area (Å²) in [5.41, 5.74) is 0. The lowest BCUT2D eigenvalue weighted by atomic mass is 10.1. The summed E-state index contributed by atoms with van der Waals surface area (Å²) in [5.74, 6) is -1.00. The first-order valence-corrected chi connectivity index (χ1v) is 22.2. The summed E-state index contributed by atoms with van der Waals surface area (Å²) >= 11 is 0. The normalized spacial score (nSPS) is 14.5. The highest BCUT2D eigenvalue weighted by Gasteiger charge is 2.27. The van der Waals surface area contributed by atoms with Crippen LogP contribution in [0.3, 0.4) is 0 Å². The van der Waals surface area contributed by atoms with E-state index in [0.717, 1.165) is 64.2 Å². The molecule has 1 unspecified atom stereocenters. The van der Waals surface area contributed by atoms with Gasteiger partial charge in [-0.05, 0) is 77.0 Å². The molecule has 0 saturated carbocycles. The van der Waals surface area contributed by atoms with Crippen LogP contribution < -0.4 is 0 Å². The quantitative estimate of drug-likeness (QED) is 0.0239. The third-order valence-corrected chi connectivity index (χ3v) is 9.35. The molecule has 0 amide bonds. The van der Waals surface area contributed by atoms with Gasteiger partial charge in [0.05, 0.1) is 19.8 Å². The molecule has 0 radical (unpaired) electrons. The van der Waals surface area contributed by atoms with Crippen LogP contribution in [0.1, 0.15) is 162 Å². The van der Waals surface area contributed by atoms with Crippen LogP contribution in [-0.4, -0.2) is 65.7 Å². The number of phosphoric ester groups is 1. The van der Waals surface area contributed by atoms with E-state index in [4.69, 9.17) is 19.1 Å². The van der Waals surface area contributed by atoms with E-state index >= 15 is 0 Å². The van der Waals surface area contributed by atoms with Crippen molar-refractivity contribution in [1.82, 2.24) is 0 Å². The molecule has 10 nitrogen and oxygen atoms in total. The number of hydrogen-bond donors (Lipinski definition) is 3. The van der Waals surface area contributed by atoms with Gasteiger partial charge in [-0.1, -0.05) is 132 Å². The van der Waals surface area contributed by atoms with Crippen molar-refractivity contribution in [2.24, 2.45) is 0 Å². The van der Waals surface area contributed by atoms with E-state index in [0.29, 0.717) is 19.3 Å². The van der Waals surface area contributed by atoms with E-state index in [9.17, 15) is 24.2 Å². The average Bonchev–Trinajstić information content (AvgIpc) is 3.16. The number of allylic oxidation sites excluding steroid dienone is 10. The fourth-order valence-electron chi connectivity index (χ4n) is 5.16. The number of rotatable bonds is 38. The highest BCUT2D eigenvalue weighted by molar-refractivity contribution is 7.47. The number of unbranched alkanes of at least 4 members (excludes halogenated alkanes) is 14. The highest BCUT2D eigenvalue weighted by Crippen LogP contribution is 2.43. The van der Waals surface area contributed by atoms with Crippen LogP contribution in [0.2, 0.25) is 0 Å². The van der Waals surface area contributed by atoms with Crippen molar-refractivity contribution in [3.05, 3.63) is 60.8 Å². The number of phosphoric acid groups is 1. The van der Waals surface area contributed by atoms with Gasteiger partial charge in [-0.25, -0.2) is 4.57 Å². The fourth-order valence-corrected chi connectivity index (χ4v) is 5.94. The Morgan fingerprint density at radius 1 is 0.556 bits per heavy atom. The summed E-state index contributed by atoms with van der Waals surface area (Å²) in [4.78, 5) is 34.9. The molecule has 0 aromatic heterocycles. The van der Waals surface area contributed by atoms with Gasteiger partial charge in [-0.3, -0.25) is 18.6 Å². The lowest BCUT2D eigenvalue weighted by Gasteiger charge is -2.20. The summed E-state index contributed by atoms with van der Waals surface area (Å²) < 4.78 is 32.6. The molecule has 0 aliphatic carbocycles. The lowest BCUT2D eigenvalue weighted by molar-refractivity contribution is -0.161. The number of hydrogen-bond acceptors (Lipinski definition) is 9. The Kier molecular flexibility index (Phi) is 37.2. The fraction of sp³-hybridized carbons (Fsp3) is 0.721. The summed E-state index contributed by atoms with van der Waals surface area (Å²) in [6.45, 7) is 2.25. The summed E-state index contributed by atoms with van der Waals surface area (Å²) in [5, 5.41) is 18.3. The van der Waals surface area contributed by atoms with Crippen LogP contribution >= 0.6 is 7.82 Å². The molecule has 0 spiro atoms. The summed E-state index contributed by atoms with van der Waals surface area (Å²) in [7, 11) is -4.63. The Labute approximate surface area is 327 Å². The maximum atomic E-state index is 12.6. The van der Waals surface area contributed by atoms with Gasteiger partial charge in [-0.15, -0.1) is 0 Å². The van der Waals surface area contributed by atoms with Crippen LogP contribution in [0.25, 0.3) is 0 Å². The van der Waals surface area contributed by atoms with Crippen LogP contribution in [0.15, 0.2) is 60.8 Å². The molecule has 0 aliphatic heterocycles. The van der Waals surface area contributed by atoms with Crippen molar-refractivity contribution in [3.8, 4) is 0 Å². The second-order valence-corrected chi connectivity index (χ2v) is 15.1. The molecule has 0 aromatic carbocycles. The van der Waals surface area contributed by atoms with E-state index in [1.807, 2.05) is 6.08 Å². The van der Waals surface area contributed by atoms with Crippen LogP contribution in [0, 0.1) is 0 Å². The van der Waals surface area contributed by atoms with Crippen LogP contribution in [0.5, 0.6) is 0 Å². The lowest BCUT2D eigenvalue weighted by Crippen LogP contribution is -2.29. The smallest absolute Gasteiger partial charge is 0.462 e. The van der Waals surface area contributed by atoms with Gasteiger partial charge in [0, 0.05) is 12.8 Å². The van der Waals surface area contributed by atoms with Gasteiger partial charge in [0.2, 0.25) is 0 Å². The van der Waals surface area contributed by atoms with Crippen molar-refractivity contribution in [1.29, 1.82) is 0 Å². The molecule has 0 rings (SSSR count). The Balaban J connectivity index is 4.44. The molecular weight excluding hydrogens is 707 g/mol. The standard InChI is InChI=1S/C43H75O10P/c1-3-5-7-9-11-13-15-17-19-20-21-23-24-26-28-30-32-34-42(46)50-38-41(39-52-54(48,49)51-37-40(45)36-44)53-43(47)35-33-31-29-27-25-22-18-16-14-12-10-8-6-4-2/h11,13,16-19,21,23,26,28,40-41,44-45H,3-10,12,14-15,20,22,24-25,27,29-39H2,1-2H3,(H,48,49)/b13-11-,18-16-,19-17-,23-21-,28-26-/t40-,41+/m0/s1. The second kappa shape index (κ2) is 38.9. The number of esters is 2. The first-order chi connectivity index (χ1) is 26.2. The van der Waals surface area contributed by atoms with E-state index < -0.39 is 51.8 Å². The first-order valence-electron chi connectivity index (χ1n) is 20.7. The third kappa shape index (κ3) is 38.0.